The summed E-state index contributed by atoms with van der Waals surface area (Å²) in [6.45, 7) is 0. The molecule has 0 fully saturated rings. The Morgan fingerprint density at radius 1 is 1.03 bits per heavy atom. The van der Waals surface area contributed by atoms with Gasteiger partial charge in [0.25, 0.3) is 5.91 Å². The Hall–Kier alpha value is -4.70. The van der Waals surface area contributed by atoms with Crippen LogP contribution in [0, 0.1) is 0 Å². The predicted octanol–water partition coefficient (Wildman–Crippen LogP) is 3.45. The Bertz CT molecular complexity index is 1530. The number of hydrogen-bond acceptors (Lipinski definition) is 8. The second kappa shape index (κ2) is 10.7. The molecule has 0 spiro atoms. The van der Waals surface area contributed by atoms with E-state index in [2.05, 4.69) is 10.3 Å². The van der Waals surface area contributed by atoms with Crippen molar-refractivity contribution in [1.82, 2.24) is 5.27 Å². The quantitative estimate of drug-likeness (QED) is 0.207. The van der Waals surface area contributed by atoms with E-state index >= 15 is 0 Å². The van der Waals surface area contributed by atoms with Crippen LogP contribution in [0.3, 0.4) is 0 Å². The lowest BCUT2D eigenvalue weighted by Crippen LogP contribution is -2.39. The fraction of sp³-hybridized carbons (Fsp3) is 0.107. The van der Waals surface area contributed by atoms with E-state index in [1.54, 1.807) is 42.5 Å². The van der Waals surface area contributed by atoms with E-state index in [1.165, 1.54) is 9.58 Å². The number of rotatable bonds is 7. The van der Waals surface area contributed by atoms with Gasteiger partial charge in [-0.2, -0.15) is 0 Å². The number of hydrogen-bond donors (Lipinski definition) is 0. The molecule has 1 amide bonds. The van der Waals surface area contributed by atoms with Gasteiger partial charge in [0, 0.05) is 31.9 Å². The van der Waals surface area contributed by atoms with E-state index < -0.39 is 11.7 Å². The molecule has 0 radical (unpaired) electrons. The van der Waals surface area contributed by atoms with Crippen molar-refractivity contribution in [2.45, 2.75) is 0 Å². The van der Waals surface area contributed by atoms with E-state index in [9.17, 15) is 14.7 Å². The molecule has 190 valence electrons. The molecule has 38 heavy (non-hydrogen) atoms. The molecule has 0 unspecified atom stereocenters. The van der Waals surface area contributed by atoms with Crippen molar-refractivity contribution < 1.29 is 23.9 Å². The number of amidine groups is 1. The highest BCUT2D eigenvalue weighted by atomic mass is 32.2. The first-order valence-corrected chi connectivity index (χ1v) is 12.7. The van der Waals surface area contributed by atoms with Crippen LogP contribution in [0.1, 0.15) is 16.1 Å². The number of thioether (sulfide) groups is 1. The highest BCUT2D eigenvalue weighted by Gasteiger charge is 2.34. The standard InChI is InChI=1S/C28H23N5O4S/c1-31(2)20-15-13-19(14-16-20)17-23-26(35)32(21-9-5-3-6-10-21)28(29-23)38-18-24(34)25-27(36)37-30-33(25)22-11-7-4-8-12-22/h3-17H,18H2,1-2H3/b23-17+. The van der Waals surface area contributed by atoms with Crippen molar-refractivity contribution in [3.8, 4) is 11.6 Å². The Labute approximate surface area is 223 Å². The van der Waals surface area contributed by atoms with Crippen molar-refractivity contribution >= 4 is 46.1 Å². The molecule has 0 N–H and O–H groups in total. The number of ketones is 1. The van der Waals surface area contributed by atoms with E-state index in [0.717, 1.165) is 23.0 Å². The van der Waals surface area contributed by atoms with Crippen LogP contribution in [0.4, 0.5) is 11.4 Å². The smallest absolute Gasteiger partial charge is 0.307 e. The average molecular weight is 526 g/mol. The van der Waals surface area contributed by atoms with Gasteiger partial charge in [0.2, 0.25) is 11.5 Å². The third kappa shape index (κ3) is 5.07. The van der Waals surface area contributed by atoms with Gasteiger partial charge in [-0.1, -0.05) is 60.3 Å². The first-order chi connectivity index (χ1) is 18.4. The number of carbonyl (C=O) groups excluding carboxylic acids is 2. The van der Waals surface area contributed by atoms with Crippen molar-refractivity contribution in [2.24, 2.45) is 4.99 Å². The highest BCUT2D eigenvalue weighted by Crippen LogP contribution is 2.30. The van der Waals surface area contributed by atoms with Crippen molar-refractivity contribution in [1.29, 1.82) is 0 Å². The zero-order valence-electron chi connectivity index (χ0n) is 20.6. The molecule has 0 atom stereocenters. The summed E-state index contributed by atoms with van der Waals surface area (Å²) in [5.41, 5.74) is 3.05. The fourth-order valence-electron chi connectivity index (χ4n) is 3.85. The lowest BCUT2D eigenvalue weighted by molar-refractivity contribution is -0.672. The summed E-state index contributed by atoms with van der Waals surface area (Å²) >= 11 is 1.07. The first kappa shape index (κ1) is 25.0. The predicted molar refractivity (Wildman–Crippen MR) is 144 cm³/mol. The van der Waals surface area contributed by atoms with Gasteiger partial charge < -0.3 is 14.5 Å². The van der Waals surface area contributed by atoms with Crippen LogP contribution in [-0.2, 0) is 4.79 Å². The lowest BCUT2D eigenvalue weighted by atomic mass is 10.1. The second-order valence-corrected chi connectivity index (χ2v) is 9.50. The minimum absolute atomic E-state index is 0.149. The monoisotopic (exact) mass is 525 g/mol. The Balaban J connectivity index is 1.43. The highest BCUT2D eigenvalue weighted by molar-refractivity contribution is 8.14. The topological polar surface area (TPSA) is 106 Å². The van der Waals surface area contributed by atoms with Gasteiger partial charge in [0.1, 0.15) is 5.70 Å². The molecule has 10 heteroatoms. The molecule has 0 bridgehead atoms. The minimum atomic E-state index is -0.828. The molecular formula is C28H23N5O4S. The summed E-state index contributed by atoms with van der Waals surface area (Å²) in [6.07, 6.45) is 1.71. The Morgan fingerprint density at radius 3 is 2.34 bits per heavy atom. The lowest BCUT2D eigenvalue weighted by Gasteiger charge is -2.17. The molecule has 1 aromatic heterocycles. The van der Waals surface area contributed by atoms with Gasteiger partial charge in [-0.05, 0) is 40.6 Å². The van der Waals surface area contributed by atoms with Crippen LogP contribution in [0.5, 0.6) is 5.95 Å². The summed E-state index contributed by atoms with van der Waals surface area (Å²) in [6, 6.07) is 25.6. The molecule has 1 aliphatic heterocycles. The summed E-state index contributed by atoms with van der Waals surface area (Å²) in [7, 11) is 3.91. The number of Topliss-reactive ketones (excluding diaryl/α,β-unsaturated/α-hetero) is 1. The number of nitrogens with zero attached hydrogens (tertiary/aromatic N) is 5. The molecule has 0 aliphatic carbocycles. The zero-order chi connectivity index (χ0) is 26.6. The van der Waals surface area contributed by atoms with Crippen LogP contribution >= 0.6 is 11.8 Å². The number of anilines is 2. The number of para-hydroxylation sites is 2. The van der Waals surface area contributed by atoms with Gasteiger partial charge in [0.05, 0.1) is 16.7 Å². The first-order valence-electron chi connectivity index (χ1n) is 11.7. The number of carbonyl (C=O) groups is 2. The van der Waals surface area contributed by atoms with E-state index in [4.69, 9.17) is 4.52 Å². The van der Waals surface area contributed by atoms with E-state index in [1.807, 2.05) is 67.5 Å². The molecule has 0 saturated heterocycles. The summed E-state index contributed by atoms with van der Waals surface area (Å²) in [4.78, 5) is 34.6. The maximum atomic E-state index is 13.4. The van der Waals surface area contributed by atoms with Crippen LogP contribution < -0.4 is 19.6 Å². The van der Waals surface area contributed by atoms with Crippen molar-refractivity contribution in [2.75, 3.05) is 29.6 Å². The summed E-state index contributed by atoms with van der Waals surface area (Å²) in [5.74, 6) is -1.78. The van der Waals surface area contributed by atoms with E-state index in [-0.39, 0.29) is 23.1 Å². The molecule has 1 aliphatic rings. The van der Waals surface area contributed by atoms with Gasteiger partial charge in [-0.3, -0.25) is 14.5 Å². The Morgan fingerprint density at radius 2 is 1.68 bits per heavy atom. The number of amides is 1. The van der Waals surface area contributed by atoms with Crippen molar-refractivity contribution in [3.05, 3.63) is 102 Å². The van der Waals surface area contributed by atoms with E-state index in [0.29, 0.717) is 16.5 Å². The SMILES string of the molecule is CN(C)c1ccc(/C=C2/N=C(SCC(=O)c3c([O-])on[n+]3-c3ccccc3)N(c3ccccc3)C2=O)cc1. The minimum Gasteiger partial charge on any atom is -0.539 e. The molecule has 0 saturated carbocycles. The maximum Gasteiger partial charge on any atom is 0.307 e. The molecular weight excluding hydrogens is 502 g/mol. The normalized spacial score (nSPS) is 14.2. The number of benzene rings is 3. The average Bonchev–Trinajstić information content (AvgIpc) is 3.47. The third-order valence-electron chi connectivity index (χ3n) is 5.76. The number of aromatic nitrogens is 2. The largest absolute Gasteiger partial charge is 0.539 e. The van der Waals surface area contributed by atoms with Crippen LogP contribution in [-0.4, -0.2) is 42.0 Å². The second-order valence-electron chi connectivity index (χ2n) is 8.55. The van der Waals surface area contributed by atoms with Crippen molar-refractivity contribution in [3.63, 3.8) is 0 Å². The van der Waals surface area contributed by atoms with Crippen LogP contribution in [0.15, 0.2) is 100 Å². The summed E-state index contributed by atoms with van der Waals surface area (Å²) < 4.78 is 5.96. The molecule has 5 rings (SSSR count). The van der Waals surface area contributed by atoms with Gasteiger partial charge in [0.15, 0.2) is 11.1 Å². The molecule has 4 aromatic rings. The molecule has 9 nitrogen and oxygen atoms in total. The molecule has 3 aromatic carbocycles. The van der Waals surface area contributed by atoms with Crippen LogP contribution in [0.2, 0.25) is 0 Å². The number of aliphatic imine (C=N–C) groups is 1. The Kier molecular flexibility index (Phi) is 7.05. The third-order valence-corrected chi connectivity index (χ3v) is 6.70. The van der Waals surface area contributed by atoms with Gasteiger partial charge in [-0.25, -0.2) is 4.99 Å². The van der Waals surface area contributed by atoms with Gasteiger partial charge in [-0.15, -0.1) is 0 Å². The maximum absolute atomic E-state index is 13.4. The zero-order valence-corrected chi connectivity index (χ0v) is 21.5. The fourth-order valence-corrected chi connectivity index (χ4v) is 4.73. The van der Waals surface area contributed by atoms with Crippen LogP contribution in [0.25, 0.3) is 11.8 Å². The summed E-state index contributed by atoms with van der Waals surface area (Å²) in [5, 5.41) is 16.4. The van der Waals surface area contributed by atoms with Gasteiger partial charge >= 0.3 is 5.69 Å². The molecule has 2 heterocycles.